The lowest BCUT2D eigenvalue weighted by Crippen LogP contribution is -2.25. The quantitative estimate of drug-likeness (QED) is 0.205. The van der Waals surface area contributed by atoms with Crippen molar-refractivity contribution in [2.24, 2.45) is 0 Å². The molecule has 0 aliphatic carbocycles. The van der Waals surface area contributed by atoms with Crippen LogP contribution in [-0.4, -0.2) is 12.5 Å². The zero-order valence-electron chi connectivity index (χ0n) is 18.0. The summed E-state index contributed by atoms with van der Waals surface area (Å²) in [6.07, 6.45) is 15.0. The first-order valence-electron chi connectivity index (χ1n) is 11.4. The molecule has 0 heterocycles. The Hall–Kier alpha value is -2.35. The zero-order chi connectivity index (χ0) is 20.6. The number of hydrogen-bond donors (Lipinski definition) is 1. The molecule has 0 bridgehead atoms. The number of unbranched alkanes of at least 4 members (excludes halogenated alkanes) is 9. The molecule has 0 fully saturated rings. The fraction of sp³-hybridized carbons (Fsp3) is 0.444. The highest BCUT2D eigenvalue weighted by Gasteiger charge is 2.11. The number of hydrogen-bond acceptors (Lipinski definition) is 1. The van der Waals surface area contributed by atoms with Gasteiger partial charge in [-0.05, 0) is 23.6 Å². The first-order chi connectivity index (χ1) is 14.3. The molecule has 0 saturated heterocycles. The van der Waals surface area contributed by atoms with Crippen molar-refractivity contribution < 1.29 is 4.79 Å². The lowest BCUT2D eigenvalue weighted by molar-refractivity contribution is -0.115. The fourth-order valence-electron chi connectivity index (χ4n) is 3.52. The van der Waals surface area contributed by atoms with Gasteiger partial charge in [-0.3, -0.25) is 4.79 Å². The zero-order valence-corrected chi connectivity index (χ0v) is 18.0. The second-order valence-electron chi connectivity index (χ2n) is 7.77. The van der Waals surface area contributed by atoms with Crippen molar-refractivity contribution in [2.75, 3.05) is 6.54 Å². The number of amides is 1. The highest BCUT2D eigenvalue weighted by molar-refractivity contribution is 6.24. The molecule has 0 atom stereocenters. The minimum Gasteiger partial charge on any atom is -0.352 e. The third kappa shape index (κ3) is 9.60. The Bertz CT molecular complexity index is 706. The predicted octanol–water partition coefficient (Wildman–Crippen LogP) is 7.26. The molecule has 0 aliphatic rings. The van der Waals surface area contributed by atoms with Crippen LogP contribution in [0.2, 0.25) is 0 Å². The van der Waals surface area contributed by atoms with Gasteiger partial charge in [0.15, 0.2) is 0 Å². The molecule has 2 rings (SSSR count). The first kappa shape index (κ1) is 22.9. The summed E-state index contributed by atoms with van der Waals surface area (Å²) in [5.74, 6) is 0.0102. The van der Waals surface area contributed by atoms with Crippen molar-refractivity contribution >= 4 is 17.6 Å². The van der Waals surface area contributed by atoms with Crippen LogP contribution in [0.1, 0.15) is 82.3 Å². The Morgan fingerprint density at radius 3 is 1.83 bits per heavy atom. The number of rotatable bonds is 14. The van der Waals surface area contributed by atoms with Crippen LogP contribution >= 0.6 is 0 Å². The summed E-state index contributed by atoms with van der Waals surface area (Å²) in [5, 5.41) is 3.12. The lowest BCUT2D eigenvalue weighted by atomic mass is 10.0. The molecule has 2 nitrogen and oxygen atoms in total. The van der Waals surface area contributed by atoms with Gasteiger partial charge in [-0.25, -0.2) is 0 Å². The van der Waals surface area contributed by atoms with E-state index in [-0.39, 0.29) is 5.91 Å². The largest absolute Gasteiger partial charge is 0.352 e. The molecular formula is C27H37NO. The molecule has 2 aromatic rings. The molecule has 2 aromatic carbocycles. The summed E-state index contributed by atoms with van der Waals surface area (Å²) in [4.78, 5) is 12.8. The van der Waals surface area contributed by atoms with E-state index >= 15 is 0 Å². The maximum absolute atomic E-state index is 12.8. The number of carbonyl (C=O) groups excluding carboxylic acids is 1. The molecule has 0 saturated carbocycles. The van der Waals surface area contributed by atoms with Crippen molar-refractivity contribution in [2.45, 2.75) is 71.1 Å². The molecule has 2 heteroatoms. The standard InChI is InChI=1S/C27H37NO/c1-2-3-4-5-6-7-8-9-10-17-22-28-27(29)26(25-20-15-12-16-21-25)23-24-18-13-11-14-19-24/h11-16,18-21,23H,2-10,17,22H2,1H3,(H,28,29)/b26-23+. The molecular weight excluding hydrogens is 354 g/mol. The van der Waals surface area contributed by atoms with E-state index in [1.54, 1.807) is 0 Å². The molecule has 0 radical (unpaired) electrons. The maximum Gasteiger partial charge on any atom is 0.251 e. The smallest absolute Gasteiger partial charge is 0.251 e. The van der Waals surface area contributed by atoms with Crippen molar-refractivity contribution in [3.63, 3.8) is 0 Å². The SMILES string of the molecule is CCCCCCCCCCCCNC(=O)/C(=C/c1ccccc1)c1ccccc1. The Kier molecular flexibility index (Phi) is 11.6. The average Bonchev–Trinajstić information content (AvgIpc) is 2.77. The van der Waals surface area contributed by atoms with Gasteiger partial charge in [-0.15, -0.1) is 0 Å². The van der Waals surface area contributed by atoms with E-state index in [1.165, 1.54) is 57.8 Å². The van der Waals surface area contributed by atoms with Gasteiger partial charge in [0, 0.05) is 12.1 Å². The van der Waals surface area contributed by atoms with Crippen LogP contribution in [0, 0.1) is 0 Å². The van der Waals surface area contributed by atoms with Gasteiger partial charge in [0.2, 0.25) is 0 Å². The van der Waals surface area contributed by atoms with Crippen LogP contribution in [0.25, 0.3) is 11.6 Å². The molecule has 0 unspecified atom stereocenters. The van der Waals surface area contributed by atoms with Crippen LogP contribution in [0.15, 0.2) is 60.7 Å². The van der Waals surface area contributed by atoms with Crippen molar-refractivity contribution in [3.05, 3.63) is 71.8 Å². The van der Waals surface area contributed by atoms with Crippen LogP contribution in [0.4, 0.5) is 0 Å². The summed E-state index contributed by atoms with van der Waals surface area (Å²) in [7, 11) is 0. The summed E-state index contributed by atoms with van der Waals surface area (Å²) in [6.45, 7) is 3.01. The average molecular weight is 392 g/mol. The Labute approximate surface area is 177 Å². The molecule has 0 aliphatic heterocycles. The van der Waals surface area contributed by atoms with E-state index in [0.29, 0.717) is 0 Å². The maximum atomic E-state index is 12.8. The van der Waals surface area contributed by atoms with Crippen LogP contribution in [0.5, 0.6) is 0 Å². The van der Waals surface area contributed by atoms with Crippen molar-refractivity contribution in [3.8, 4) is 0 Å². The van der Waals surface area contributed by atoms with E-state index in [2.05, 4.69) is 12.2 Å². The summed E-state index contributed by atoms with van der Waals surface area (Å²) in [5.41, 5.74) is 2.72. The molecule has 1 N–H and O–H groups in total. The highest BCUT2D eigenvalue weighted by Crippen LogP contribution is 2.18. The minimum absolute atomic E-state index is 0.0102. The Balaban J connectivity index is 1.73. The van der Waals surface area contributed by atoms with Crippen LogP contribution < -0.4 is 5.32 Å². The van der Waals surface area contributed by atoms with Crippen molar-refractivity contribution in [1.82, 2.24) is 5.32 Å². The van der Waals surface area contributed by atoms with Crippen LogP contribution in [0.3, 0.4) is 0 Å². The molecule has 29 heavy (non-hydrogen) atoms. The third-order valence-corrected chi connectivity index (χ3v) is 5.26. The lowest BCUT2D eigenvalue weighted by Gasteiger charge is -2.10. The van der Waals surface area contributed by atoms with Crippen LogP contribution in [-0.2, 0) is 4.79 Å². The molecule has 0 aromatic heterocycles. The monoisotopic (exact) mass is 391 g/mol. The van der Waals surface area contributed by atoms with Gasteiger partial charge in [0.1, 0.15) is 0 Å². The Morgan fingerprint density at radius 1 is 0.724 bits per heavy atom. The van der Waals surface area contributed by atoms with E-state index in [1.807, 2.05) is 66.7 Å². The summed E-state index contributed by atoms with van der Waals surface area (Å²) >= 11 is 0. The fourth-order valence-corrected chi connectivity index (χ4v) is 3.52. The summed E-state index contributed by atoms with van der Waals surface area (Å²) in [6, 6.07) is 20.0. The second kappa shape index (κ2) is 14.6. The molecule has 156 valence electrons. The normalized spacial score (nSPS) is 11.4. The number of nitrogens with one attached hydrogen (secondary N) is 1. The minimum atomic E-state index is 0.0102. The predicted molar refractivity (Wildman–Crippen MR) is 126 cm³/mol. The molecule has 1 amide bonds. The van der Waals surface area contributed by atoms with Gasteiger partial charge in [-0.2, -0.15) is 0 Å². The second-order valence-corrected chi connectivity index (χ2v) is 7.77. The van der Waals surface area contributed by atoms with E-state index in [9.17, 15) is 4.79 Å². The summed E-state index contributed by atoms with van der Waals surface area (Å²) < 4.78 is 0. The van der Waals surface area contributed by atoms with Gasteiger partial charge in [0.25, 0.3) is 5.91 Å². The third-order valence-electron chi connectivity index (χ3n) is 5.26. The molecule has 0 spiro atoms. The van der Waals surface area contributed by atoms with Gasteiger partial charge >= 0.3 is 0 Å². The van der Waals surface area contributed by atoms with E-state index in [4.69, 9.17) is 0 Å². The van der Waals surface area contributed by atoms with Gasteiger partial charge in [0.05, 0.1) is 0 Å². The van der Waals surface area contributed by atoms with E-state index in [0.717, 1.165) is 29.7 Å². The van der Waals surface area contributed by atoms with Gasteiger partial charge < -0.3 is 5.32 Å². The number of benzene rings is 2. The van der Waals surface area contributed by atoms with Gasteiger partial charge in [-0.1, -0.05) is 125 Å². The topological polar surface area (TPSA) is 29.1 Å². The Morgan fingerprint density at radius 2 is 1.24 bits per heavy atom. The first-order valence-corrected chi connectivity index (χ1v) is 11.4. The van der Waals surface area contributed by atoms with E-state index < -0.39 is 0 Å². The number of carbonyl (C=O) groups is 1. The highest BCUT2D eigenvalue weighted by atomic mass is 16.1. The van der Waals surface area contributed by atoms with Crippen molar-refractivity contribution in [1.29, 1.82) is 0 Å².